The van der Waals surface area contributed by atoms with E-state index in [2.05, 4.69) is 15.2 Å². The summed E-state index contributed by atoms with van der Waals surface area (Å²) in [7, 11) is 0. The maximum absolute atomic E-state index is 13.6. The van der Waals surface area contributed by atoms with E-state index >= 15 is 0 Å². The van der Waals surface area contributed by atoms with Crippen molar-refractivity contribution in [1.29, 1.82) is 5.26 Å². The third-order valence-electron chi connectivity index (χ3n) is 5.17. The van der Waals surface area contributed by atoms with Gasteiger partial charge < -0.3 is 9.47 Å². The number of aromatic nitrogens is 4. The van der Waals surface area contributed by atoms with E-state index < -0.39 is 34.2 Å². The lowest BCUT2D eigenvalue weighted by Gasteiger charge is -2.37. The van der Waals surface area contributed by atoms with Crippen LogP contribution in [0.2, 0.25) is 5.02 Å². The van der Waals surface area contributed by atoms with E-state index in [1.54, 1.807) is 6.07 Å². The Labute approximate surface area is 194 Å². The molecule has 0 spiro atoms. The number of hydrogen-bond donors (Lipinski definition) is 1. The summed E-state index contributed by atoms with van der Waals surface area (Å²) in [4.78, 5) is 28.5. The summed E-state index contributed by atoms with van der Waals surface area (Å²) in [5, 5.41) is 15.3. The quantitative estimate of drug-likeness (QED) is 0.579. The molecular weight excluding hydrogens is 479 g/mol. The van der Waals surface area contributed by atoms with Crippen LogP contribution in [0, 0.1) is 11.3 Å². The van der Waals surface area contributed by atoms with Crippen LogP contribution in [-0.2, 0) is 22.9 Å². The molecule has 1 saturated heterocycles. The summed E-state index contributed by atoms with van der Waals surface area (Å²) in [6, 6.07) is 6.86. The van der Waals surface area contributed by atoms with Crippen LogP contribution in [-0.4, -0.2) is 33.0 Å². The Morgan fingerprint density at radius 3 is 2.65 bits per heavy atom. The molecule has 9 nitrogen and oxygen atoms in total. The summed E-state index contributed by atoms with van der Waals surface area (Å²) < 4.78 is 52.0. The van der Waals surface area contributed by atoms with Crippen LogP contribution in [0.1, 0.15) is 29.4 Å². The summed E-state index contributed by atoms with van der Waals surface area (Å²) in [6.45, 7) is 2.18. The lowest BCUT2D eigenvalue weighted by atomic mass is 9.81. The Kier molecular flexibility index (Phi) is 5.93. The van der Waals surface area contributed by atoms with Gasteiger partial charge in [-0.1, -0.05) is 18.5 Å². The molecular formula is C21H15ClF3N5O4. The van der Waals surface area contributed by atoms with Gasteiger partial charge in [-0.15, -0.1) is 0 Å². The molecule has 13 heteroatoms. The lowest BCUT2D eigenvalue weighted by molar-refractivity contribution is -0.142. The van der Waals surface area contributed by atoms with E-state index in [1.807, 2.05) is 6.92 Å². The van der Waals surface area contributed by atoms with Gasteiger partial charge in [-0.25, -0.2) is 10.1 Å². The van der Waals surface area contributed by atoms with Crippen molar-refractivity contribution in [2.45, 2.75) is 25.1 Å². The zero-order valence-electron chi connectivity index (χ0n) is 17.4. The zero-order valence-corrected chi connectivity index (χ0v) is 18.2. The van der Waals surface area contributed by atoms with Crippen molar-refractivity contribution in [2.75, 3.05) is 13.2 Å². The van der Waals surface area contributed by atoms with Crippen LogP contribution in [0.4, 0.5) is 13.2 Å². The van der Waals surface area contributed by atoms with Gasteiger partial charge in [0.1, 0.15) is 5.75 Å². The average molecular weight is 494 g/mol. The number of rotatable bonds is 5. The number of hydrogen-bond acceptors (Lipinski definition) is 7. The molecule has 176 valence electrons. The minimum atomic E-state index is -4.99. The van der Waals surface area contributed by atoms with E-state index in [4.69, 9.17) is 26.3 Å². The van der Waals surface area contributed by atoms with Crippen molar-refractivity contribution < 1.29 is 22.6 Å². The van der Waals surface area contributed by atoms with Gasteiger partial charge >= 0.3 is 6.18 Å². The predicted molar refractivity (Wildman–Crippen MR) is 112 cm³/mol. The van der Waals surface area contributed by atoms with Gasteiger partial charge in [-0.3, -0.25) is 14.2 Å². The van der Waals surface area contributed by atoms with Gasteiger partial charge in [0, 0.05) is 16.0 Å². The van der Waals surface area contributed by atoms with E-state index in [0.717, 1.165) is 23.0 Å². The van der Waals surface area contributed by atoms with Crippen molar-refractivity contribution in [3.8, 4) is 17.6 Å². The number of benzene rings is 1. The fourth-order valence-electron chi connectivity index (χ4n) is 3.40. The molecule has 0 atom stereocenters. The van der Waals surface area contributed by atoms with Gasteiger partial charge in [0.05, 0.1) is 43.4 Å². The molecule has 0 radical (unpaired) electrons. The second kappa shape index (κ2) is 8.58. The Bertz CT molecular complexity index is 1420. The highest BCUT2D eigenvalue weighted by atomic mass is 35.5. The molecule has 0 unspecified atom stereocenters. The first-order valence-electron chi connectivity index (χ1n) is 9.72. The van der Waals surface area contributed by atoms with Crippen LogP contribution in [0.3, 0.4) is 0 Å². The molecule has 3 heterocycles. The van der Waals surface area contributed by atoms with Gasteiger partial charge in [0.25, 0.3) is 11.1 Å². The third kappa shape index (κ3) is 4.52. The first-order chi connectivity index (χ1) is 16.0. The average Bonchev–Trinajstić information content (AvgIpc) is 2.74. The molecule has 1 fully saturated rings. The number of nitriles is 1. The summed E-state index contributed by atoms with van der Waals surface area (Å²) in [5.74, 6) is -1.33. The number of nitrogens with one attached hydrogen (secondary N) is 1. The maximum Gasteiger partial charge on any atom is 0.437 e. The Balaban J connectivity index is 1.75. The molecule has 1 N–H and O–H groups in total. The minimum Gasteiger partial charge on any atom is -0.449 e. The number of nitrogens with zero attached hydrogens (tertiary/aromatic N) is 4. The normalized spacial score (nSPS) is 14.8. The van der Waals surface area contributed by atoms with Gasteiger partial charge in [0.2, 0.25) is 5.75 Å². The van der Waals surface area contributed by atoms with Crippen LogP contribution in [0.15, 0.2) is 40.2 Å². The van der Waals surface area contributed by atoms with Crippen molar-refractivity contribution in [3.63, 3.8) is 0 Å². The summed E-state index contributed by atoms with van der Waals surface area (Å²) in [6.07, 6.45) is -4.27. The lowest BCUT2D eigenvalue weighted by Crippen LogP contribution is -2.47. The largest absolute Gasteiger partial charge is 0.449 e. The first kappa shape index (κ1) is 23.5. The van der Waals surface area contributed by atoms with Crippen molar-refractivity contribution in [3.05, 3.63) is 78.8 Å². The number of H-pyrrole nitrogens is 1. The maximum atomic E-state index is 13.6. The fourth-order valence-corrected chi connectivity index (χ4v) is 3.62. The van der Waals surface area contributed by atoms with E-state index in [-0.39, 0.29) is 28.6 Å². The van der Waals surface area contributed by atoms with Crippen molar-refractivity contribution in [1.82, 2.24) is 19.7 Å². The zero-order chi connectivity index (χ0) is 24.7. The molecule has 1 aromatic carbocycles. The smallest absolute Gasteiger partial charge is 0.437 e. The standard InChI is InChI=1S/C21H15ClF3N5O4/c1-20(8-33-9-20)15-5-13(28-29-18(15)31)7-30-10-27-17(21(23,24)25)16(19(30)32)34-14-3-11(6-26)2-12(22)4-14/h2-5,10H,7-9H2,1H3,(H,29,31). The third-order valence-corrected chi connectivity index (χ3v) is 5.38. The van der Waals surface area contributed by atoms with Crippen LogP contribution < -0.4 is 15.9 Å². The van der Waals surface area contributed by atoms with Crippen LogP contribution >= 0.6 is 11.6 Å². The van der Waals surface area contributed by atoms with E-state index in [1.165, 1.54) is 12.1 Å². The van der Waals surface area contributed by atoms with E-state index in [9.17, 15) is 22.8 Å². The van der Waals surface area contributed by atoms with Crippen molar-refractivity contribution in [2.24, 2.45) is 0 Å². The summed E-state index contributed by atoms with van der Waals surface area (Å²) >= 11 is 5.89. The van der Waals surface area contributed by atoms with Gasteiger partial charge in [-0.05, 0) is 24.3 Å². The number of aromatic amines is 1. The van der Waals surface area contributed by atoms with Gasteiger partial charge in [-0.2, -0.15) is 23.5 Å². The Morgan fingerprint density at radius 1 is 1.29 bits per heavy atom. The molecule has 1 aliphatic rings. The molecule has 0 aliphatic carbocycles. The summed E-state index contributed by atoms with van der Waals surface area (Å²) in [5.41, 5.74) is -3.02. The molecule has 34 heavy (non-hydrogen) atoms. The number of ether oxygens (including phenoxy) is 2. The van der Waals surface area contributed by atoms with Crippen LogP contribution in [0.25, 0.3) is 0 Å². The SMILES string of the molecule is CC1(c2cc(Cn3cnc(C(F)(F)F)c(Oc4cc(Cl)cc(C#N)c4)c3=O)n[nH]c2=O)COC1. The fraction of sp³-hybridized carbons (Fsp3) is 0.286. The van der Waals surface area contributed by atoms with E-state index in [0.29, 0.717) is 18.8 Å². The minimum absolute atomic E-state index is 0.0266. The second-order valence-corrected chi connectivity index (χ2v) is 8.33. The number of halogens is 4. The molecule has 2 aromatic heterocycles. The Morgan fingerprint density at radius 2 is 2.03 bits per heavy atom. The topological polar surface area (TPSA) is 123 Å². The van der Waals surface area contributed by atoms with Gasteiger partial charge in [0.15, 0.2) is 5.69 Å². The molecule has 3 aromatic rings. The van der Waals surface area contributed by atoms with Crippen molar-refractivity contribution >= 4 is 11.6 Å². The second-order valence-electron chi connectivity index (χ2n) is 7.90. The first-order valence-corrected chi connectivity index (χ1v) is 10.1. The molecule has 4 rings (SSSR count). The molecule has 0 saturated carbocycles. The highest BCUT2D eigenvalue weighted by Crippen LogP contribution is 2.35. The van der Waals surface area contributed by atoms with Crippen LogP contribution in [0.5, 0.6) is 11.5 Å². The highest BCUT2D eigenvalue weighted by Gasteiger charge is 2.39. The molecule has 0 amide bonds. The highest BCUT2D eigenvalue weighted by molar-refractivity contribution is 6.30. The number of alkyl halides is 3. The molecule has 1 aliphatic heterocycles. The predicted octanol–water partition coefficient (Wildman–Crippen LogP) is 3.00. The monoisotopic (exact) mass is 493 g/mol. The molecule has 0 bridgehead atoms. The Hall–Kier alpha value is -3.69.